The molecule has 0 amide bonds. The first kappa shape index (κ1) is 13.8. The van der Waals surface area contributed by atoms with Gasteiger partial charge in [-0.25, -0.2) is 4.39 Å². The lowest BCUT2D eigenvalue weighted by atomic mass is 10.0. The van der Waals surface area contributed by atoms with Crippen molar-refractivity contribution in [1.82, 2.24) is 4.90 Å². The summed E-state index contributed by atoms with van der Waals surface area (Å²) in [6.07, 6.45) is 1.93. The summed E-state index contributed by atoms with van der Waals surface area (Å²) in [6.45, 7) is 1.74. The van der Waals surface area contributed by atoms with Crippen LogP contribution in [0.4, 0.5) is 4.39 Å². The molecule has 0 bridgehead atoms. The monoisotopic (exact) mass is 267 g/mol. The number of rotatable bonds is 6. The summed E-state index contributed by atoms with van der Waals surface area (Å²) >= 11 is 0. The SMILES string of the molecule is COc1cccc(F)c1C(C)N(CC(=O)O)C1CC1. The van der Waals surface area contributed by atoms with Gasteiger partial charge in [0.25, 0.3) is 0 Å². The van der Waals surface area contributed by atoms with E-state index in [1.807, 2.05) is 11.8 Å². The minimum absolute atomic E-state index is 0.0800. The summed E-state index contributed by atoms with van der Waals surface area (Å²) in [4.78, 5) is 12.8. The van der Waals surface area contributed by atoms with Crippen molar-refractivity contribution in [2.75, 3.05) is 13.7 Å². The van der Waals surface area contributed by atoms with Gasteiger partial charge < -0.3 is 9.84 Å². The number of aliphatic carboxylic acids is 1. The van der Waals surface area contributed by atoms with E-state index >= 15 is 0 Å². The molecule has 0 saturated heterocycles. The van der Waals surface area contributed by atoms with Crippen LogP contribution in [0.2, 0.25) is 0 Å². The van der Waals surface area contributed by atoms with Crippen LogP contribution in [-0.2, 0) is 4.79 Å². The van der Waals surface area contributed by atoms with Gasteiger partial charge >= 0.3 is 5.97 Å². The average Bonchev–Trinajstić information content (AvgIpc) is 3.18. The van der Waals surface area contributed by atoms with Gasteiger partial charge in [0.15, 0.2) is 0 Å². The molecule has 1 aliphatic rings. The van der Waals surface area contributed by atoms with E-state index in [9.17, 15) is 9.18 Å². The van der Waals surface area contributed by atoms with E-state index in [-0.39, 0.29) is 24.4 Å². The van der Waals surface area contributed by atoms with E-state index in [2.05, 4.69) is 0 Å². The van der Waals surface area contributed by atoms with E-state index < -0.39 is 5.97 Å². The third-order valence-electron chi connectivity index (χ3n) is 3.48. The molecular weight excluding hydrogens is 249 g/mol. The van der Waals surface area contributed by atoms with Crippen molar-refractivity contribution < 1.29 is 19.0 Å². The Morgan fingerprint density at radius 2 is 2.26 bits per heavy atom. The topological polar surface area (TPSA) is 49.8 Å². The van der Waals surface area contributed by atoms with Gasteiger partial charge in [-0.05, 0) is 31.9 Å². The molecule has 4 nitrogen and oxygen atoms in total. The Kier molecular flexibility index (Phi) is 4.04. The van der Waals surface area contributed by atoms with E-state index in [0.29, 0.717) is 11.3 Å². The number of ether oxygens (including phenoxy) is 1. The molecule has 0 heterocycles. The average molecular weight is 267 g/mol. The number of nitrogens with zero attached hydrogens (tertiary/aromatic N) is 1. The quantitative estimate of drug-likeness (QED) is 0.860. The molecule has 1 saturated carbocycles. The zero-order valence-electron chi connectivity index (χ0n) is 11.1. The molecule has 1 aromatic rings. The largest absolute Gasteiger partial charge is 0.496 e. The summed E-state index contributed by atoms with van der Waals surface area (Å²) in [6, 6.07) is 4.57. The van der Waals surface area contributed by atoms with Gasteiger partial charge in [-0.1, -0.05) is 6.07 Å². The van der Waals surface area contributed by atoms with Crippen LogP contribution < -0.4 is 4.74 Å². The maximum atomic E-state index is 14.0. The maximum Gasteiger partial charge on any atom is 0.317 e. The first-order valence-electron chi connectivity index (χ1n) is 6.34. The maximum absolute atomic E-state index is 14.0. The third-order valence-corrected chi connectivity index (χ3v) is 3.48. The first-order chi connectivity index (χ1) is 9.04. The zero-order chi connectivity index (χ0) is 14.0. The summed E-state index contributed by atoms with van der Waals surface area (Å²) in [7, 11) is 1.49. The molecule has 0 radical (unpaired) electrons. The Bertz CT molecular complexity index is 474. The molecule has 1 fully saturated rings. The van der Waals surface area contributed by atoms with Crippen LogP contribution in [0.3, 0.4) is 0 Å². The molecule has 1 N–H and O–H groups in total. The second-order valence-electron chi connectivity index (χ2n) is 4.83. The lowest BCUT2D eigenvalue weighted by Crippen LogP contribution is -2.34. The van der Waals surface area contributed by atoms with Crippen molar-refractivity contribution in [3.8, 4) is 5.75 Å². The molecule has 5 heteroatoms. The van der Waals surface area contributed by atoms with Crippen LogP contribution in [0.1, 0.15) is 31.4 Å². The van der Waals surface area contributed by atoms with Crippen LogP contribution in [0.25, 0.3) is 0 Å². The van der Waals surface area contributed by atoms with Crippen LogP contribution >= 0.6 is 0 Å². The molecule has 1 aromatic carbocycles. The van der Waals surface area contributed by atoms with Crippen molar-refractivity contribution in [1.29, 1.82) is 0 Å². The fourth-order valence-electron chi connectivity index (χ4n) is 2.41. The lowest BCUT2D eigenvalue weighted by molar-refractivity contribution is -0.139. The molecule has 0 aromatic heterocycles. The number of hydrogen-bond donors (Lipinski definition) is 1. The Morgan fingerprint density at radius 1 is 1.58 bits per heavy atom. The Morgan fingerprint density at radius 3 is 2.79 bits per heavy atom. The second kappa shape index (κ2) is 5.57. The van der Waals surface area contributed by atoms with Gasteiger partial charge in [0.2, 0.25) is 0 Å². The van der Waals surface area contributed by atoms with Crippen molar-refractivity contribution in [3.63, 3.8) is 0 Å². The predicted molar refractivity (Wildman–Crippen MR) is 68.7 cm³/mol. The van der Waals surface area contributed by atoms with Gasteiger partial charge in [-0.3, -0.25) is 9.69 Å². The highest BCUT2D eigenvalue weighted by Crippen LogP contribution is 2.38. The highest BCUT2D eigenvalue weighted by atomic mass is 19.1. The van der Waals surface area contributed by atoms with E-state index in [0.717, 1.165) is 12.8 Å². The first-order valence-corrected chi connectivity index (χ1v) is 6.34. The van der Waals surface area contributed by atoms with Crippen molar-refractivity contribution in [2.45, 2.75) is 31.8 Å². The molecular formula is C14H18FNO3. The zero-order valence-corrected chi connectivity index (χ0v) is 11.1. The number of halogens is 1. The molecule has 2 rings (SSSR count). The van der Waals surface area contributed by atoms with Gasteiger partial charge in [0.05, 0.1) is 13.7 Å². The second-order valence-corrected chi connectivity index (χ2v) is 4.83. The van der Waals surface area contributed by atoms with Crippen molar-refractivity contribution in [3.05, 3.63) is 29.6 Å². The number of benzene rings is 1. The minimum Gasteiger partial charge on any atom is -0.496 e. The van der Waals surface area contributed by atoms with Crippen molar-refractivity contribution in [2.24, 2.45) is 0 Å². The molecule has 0 spiro atoms. The van der Waals surface area contributed by atoms with Gasteiger partial charge in [0.1, 0.15) is 11.6 Å². The van der Waals surface area contributed by atoms with Crippen LogP contribution in [0, 0.1) is 5.82 Å². The van der Waals surface area contributed by atoms with Gasteiger partial charge in [0, 0.05) is 17.6 Å². The highest BCUT2D eigenvalue weighted by Gasteiger charge is 2.35. The van der Waals surface area contributed by atoms with E-state index in [1.54, 1.807) is 12.1 Å². The normalized spacial score (nSPS) is 16.4. The third kappa shape index (κ3) is 3.04. The summed E-state index contributed by atoms with van der Waals surface area (Å²) in [5.41, 5.74) is 0.429. The molecule has 104 valence electrons. The standard InChI is InChI=1S/C14H18FNO3/c1-9(16(8-13(17)18)10-6-7-10)14-11(15)4-3-5-12(14)19-2/h3-5,9-10H,6-8H2,1-2H3,(H,17,18). The minimum atomic E-state index is -0.894. The fourth-order valence-corrected chi connectivity index (χ4v) is 2.41. The predicted octanol–water partition coefficient (Wildman–Crippen LogP) is 2.44. The van der Waals surface area contributed by atoms with Crippen molar-refractivity contribution >= 4 is 5.97 Å². The number of carbonyl (C=O) groups is 1. The summed E-state index contributed by atoms with van der Waals surface area (Å²) in [5, 5.41) is 8.99. The molecule has 1 atom stereocenters. The van der Waals surface area contributed by atoms with Crippen LogP contribution in [-0.4, -0.2) is 35.7 Å². The Labute approximate surface area is 111 Å². The fraction of sp³-hybridized carbons (Fsp3) is 0.500. The summed E-state index contributed by atoms with van der Waals surface area (Å²) in [5.74, 6) is -0.791. The van der Waals surface area contributed by atoms with Gasteiger partial charge in [-0.15, -0.1) is 0 Å². The number of carboxylic acids is 1. The number of carboxylic acid groups (broad SMARTS) is 1. The van der Waals surface area contributed by atoms with Crippen LogP contribution in [0.15, 0.2) is 18.2 Å². The molecule has 0 aliphatic heterocycles. The molecule has 1 unspecified atom stereocenters. The Hall–Kier alpha value is -1.62. The van der Waals surface area contributed by atoms with Crippen LogP contribution in [0.5, 0.6) is 5.75 Å². The van der Waals surface area contributed by atoms with E-state index in [4.69, 9.17) is 9.84 Å². The lowest BCUT2D eigenvalue weighted by Gasteiger charge is -2.29. The number of hydrogen-bond acceptors (Lipinski definition) is 3. The smallest absolute Gasteiger partial charge is 0.317 e. The molecule has 1 aliphatic carbocycles. The molecule has 19 heavy (non-hydrogen) atoms. The Balaban J connectivity index is 2.30. The van der Waals surface area contributed by atoms with E-state index in [1.165, 1.54) is 13.2 Å². The van der Waals surface area contributed by atoms with Gasteiger partial charge in [-0.2, -0.15) is 0 Å². The highest BCUT2D eigenvalue weighted by molar-refractivity contribution is 5.69. The summed E-state index contributed by atoms with van der Waals surface area (Å²) < 4.78 is 19.2. The number of methoxy groups -OCH3 is 1.